The molecule has 1 heterocycles. The SMILES string of the molecule is Cc1cc2c(cc1NS(=O)(=O)c1ccccc1)C(Cc1cc(Br)c(C)c(Br)c1)NCC2. The van der Waals surface area contributed by atoms with Crippen LogP contribution in [0.4, 0.5) is 5.69 Å². The van der Waals surface area contributed by atoms with Crippen LogP contribution in [0.3, 0.4) is 0 Å². The Hall–Kier alpha value is -1.67. The highest BCUT2D eigenvalue weighted by atomic mass is 79.9. The maximum atomic E-state index is 12.9. The highest BCUT2D eigenvalue weighted by Crippen LogP contribution is 2.34. The first-order valence-corrected chi connectivity index (χ1v) is 13.2. The predicted molar refractivity (Wildman–Crippen MR) is 133 cm³/mol. The molecule has 31 heavy (non-hydrogen) atoms. The Labute approximate surface area is 200 Å². The van der Waals surface area contributed by atoms with E-state index >= 15 is 0 Å². The Morgan fingerprint density at radius 2 is 1.71 bits per heavy atom. The molecule has 162 valence electrons. The van der Waals surface area contributed by atoms with Crippen molar-refractivity contribution in [1.82, 2.24) is 5.32 Å². The van der Waals surface area contributed by atoms with Crippen molar-refractivity contribution in [3.8, 4) is 0 Å². The normalized spacial score (nSPS) is 16.1. The number of hydrogen-bond donors (Lipinski definition) is 2. The van der Waals surface area contributed by atoms with E-state index in [-0.39, 0.29) is 10.9 Å². The average Bonchev–Trinajstić information content (AvgIpc) is 2.73. The lowest BCUT2D eigenvalue weighted by Crippen LogP contribution is -2.31. The van der Waals surface area contributed by atoms with Gasteiger partial charge in [-0.2, -0.15) is 0 Å². The first-order valence-electron chi connectivity index (χ1n) is 10.1. The van der Waals surface area contributed by atoms with E-state index in [0.29, 0.717) is 5.69 Å². The van der Waals surface area contributed by atoms with Gasteiger partial charge >= 0.3 is 0 Å². The molecule has 0 bridgehead atoms. The third-order valence-electron chi connectivity index (χ3n) is 5.73. The zero-order valence-electron chi connectivity index (χ0n) is 17.4. The Bertz CT molecular complexity index is 1200. The molecule has 3 aromatic rings. The zero-order valence-corrected chi connectivity index (χ0v) is 21.4. The lowest BCUT2D eigenvalue weighted by Gasteiger charge is -2.29. The second-order valence-corrected chi connectivity index (χ2v) is 11.3. The molecule has 0 radical (unpaired) electrons. The van der Waals surface area contributed by atoms with Crippen LogP contribution in [0, 0.1) is 13.8 Å². The van der Waals surface area contributed by atoms with Crippen LogP contribution in [0.2, 0.25) is 0 Å². The predicted octanol–water partition coefficient (Wildman–Crippen LogP) is 6.06. The maximum absolute atomic E-state index is 12.9. The van der Waals surface area contributed by atoms with Crippen LogP contribution in [0.25, 0.3) is 0 Å². The quantitative estimate of drug-likeness (QED) is 0.397. The summed E-state index contributed by atoms with van der Waals surface area (Å²) in [5.74, 6) is 0. The molecule has 0 amide bonds. The summed E-state index contributed by atoms with van der Waals surface area (Å²) in [7, 11) is -3.64. The largest absolute Gasteiger partial charge is 0.309 e. The fourth-order valence-corrected chi connectivity index (χ4v) is 6.39. The lowest BCUT2D eigenvalue weighted by atomic mass is 9.88. The van der Waals surface area contributed by atoms with Crippen molar-refractivity contribution in [3.63, 3.8) is 0 Å². The van der Waals surface area contributed by atoms with E-state index in [1.807, 2.05) is 13.0 Å². The summed E-state index contributed by atoms with van der Waals surface area (Å²) in [6, 6.07) is 17.0. The third kappa shape index (κ3) is 4.90. The van der Waals surface area contributed by atoms with Crippen LogP contribution >= 0.6 is 31.9 Å². The molecule has 0 aliphatic carbocycles. The molecule has 1 atom stereocenters. The van der Waals surface area contributed by atoms with Crippen LogP contribution in [-0.2, 0) is 22.9 Å². The van der Waals surface area contributed by atoms with Gasteiger partial charge in [-0.3, -0.25) is 4.72 Å². The van der Waals surface area contributed by atoms with E-state index in [1.165, 1.54) is 16.7 Å². The summed E-state index contributed by atoms with van der Waals surface area (Å²) >= 11 is 7.29. The van der Waals surface area contributed by atoms with Gasteiger partial charge in [0.15, 0.2) is 0 Å². The molecule has 3 aromatic carbocycles. The summed E-state index contributed by atoms with van der Waals surface area (Å²) < 4.78 is 30.7. The molecular formula is C24H24Br2N2O2S. The number of fused-ring (bicyclic) bond motifs is 1. The summed E-state index contributed by atoms with van der Waals surface area (Å²) in [4.78, 5) is 0.260. The number of hydrogen-bond acceptors (Lipinski definition) is 3. The molecule has 1 aliphatic heterocycles. The van der Waals surface area contributed by atoms with E-state index in [2.05, 4.69) is 67.0 Å². The van der Waals surface area contributed by atoms with Gasteiger partial charge in [0, 0.05) is 15.0 Å². The number of rotatable bonds is 5. The number of anilines is 1. The summed E-state index contributed by atoms with van der Waals surface area (Å²) in [6.45, 7) is 4.93. The molecule has 4 rings (SSSR count). The van der Waals surface area contributed by atoms with E-state index in [9.17, 15) is 8.42 Å². The summed E-state index contributed by atoms with van der Waals surface area (Å²) in [5.41, 5.74) is 6.36. The van der Waals surface area contributed by atoms with Crippen molar-refractivity contribution in [2.24, 2.45) is 0 Å². The van der Waals surface area contributed by atoms with Crippen molar-refractivity contribution >= 4 is 47.6 Å². The van der Waals surface area contributed by atoms with Crippen molar-refractivity contribution in [2.75, 3.05) is 11.3 Å². The number of aryl methyl sites for hydroxylation is 1. The maximum Gasteiger partial charge on any atom is 0.261 e. The number of sulfonamides is 1. The van der Waals surface area contributed by atoms with Crippen LogP contribution in [-0.4, -0.2) is 15.0 Å². The zero-order chi connectivity index (χ0) is 22.2. The fourth-order valence-electron chi connectivity index (χ4n) is 3.96. The van der Waals surface area contributed by atoms with Gasteiger partial charge in [0.05, 0.1) is 10.6 Å². The van der Waals surface area contributed by atoms with Gasteiger partial charge < -0.3 is 5.32 Å². The molecule has 0 saturated heterocycles. The van der Waals surface area contributed by atoms with Crippen LogP contribution in [0.5, 0.6) is 0 Å². The topological polar surface area (TPSA) is 58.2 Å². The average molecular weight is 564 g/mol. The highest BCUT2D eigenvalue weighted by Gasteiger charge is 2.23. The summed E-state index contributed by atoms with van der Waals surface area (Å²) in [6.07, 6.45) is 1.75. The van der Waals surface area contributed by atoms with E-state index in [0.717, 1.165) is 39.5 Å². The van der Waals surface area contributed by atoms with Gasteiger partial charge in [0.25, 0.3) is 10.0 Å². The fraction of sp³-hybridized carbons (Fsp3) is 0.250. The minimum Gasteiger partial charge on any atom is -0.309 e. The van der Waals surface area contributed by atoms with Crippen LogP contribution < -0.4 is 10.0 Å². The van der Waals surface area contributed by atoms with Gasteiger partial charge in [0.2, 0.25) is 0 Å². The number of benzene rings is 3. The van der Waals surface area contributed by atoms with Crippen molar-refractivity contribution in [3.05, 3.63) is 91.4 Å². The molecule has 0 aromatic heterocycles. The number of nitrogens with one attached hydrogen (secondary N) is 2. The highest BCUT2D eigenvalue weighted by molar-refractivity contribution is 9.11. The van der Waals surface area contributed by atoms with Crippen molar-refractivity contribution in [2.45, 2.75) is 37.6 Å². The molecule has 0 fully saturated rings. The van der Waals surface area contributed by atoms with Gasteiger partial charge in [-0.05, 0) is 91.4 Å². The molecule has 1 aliphatic rings. The molecule has 7 heteroatoms. The molecule has 1 unspecified atom stereocenters. The standard InChI is InChI=1S/C24H24Br2N2O2S/c1-15-10-18-8-9-27-24(13-17-11-21(25)16(2)22(26)12-17)20(18)14-23(15)28-31(29,30)19-6-4-3-5-7-19/h3-7,10-12,14,24,27-28H,8-9,13H2,1-2H3. The van der Waals surface area contributed by atoms with E-state index in [4.69, 9.17) is 0 Å². The minimum absolute atomic E-state index is 0.117. The molecule has 0 spiro atoms. The molecule has 4 nitrogen and oxygen atoms in total. The Balaban J connectivity index is 1.67. The number of halogens is 2. The first kappa shape index (κ1) is 22.5. The third-order valence-corrected chi connectivity index (χ3v) is 8.75. The van der Waals surface area contributed by atoms with Crippen molar-refractivity contribution in [1.29, 1.82) is 0 Å². The van der Waals surface area contributed by atoms with Gasteiger partial charge in [-0.15, -0.1) is 0 Å². The van der Waals surface area contributed by atoms with E-state index in [1.54, 1.807) is 30.3 Å². The first-order chi connectivity index (χ1) is 14.7. The van der Waals surface area contributed by atoms with Gasteiger partial charge in [-0.25, -0.2) is 8.42 Å². The molecular weight excluding hydrogens is 540 g/mol. The Morgan fingerprint density at radius 1 is 1.03 bits per heavy atom. The molecule has 0 saturated carbocycles. The minimum atomic E-state index is -3.64. The van der Waals surface area contributed by atoms with Gasteiger partial charge in [0.1, 0.15) is 0 Å². The second-order valence-electron chi connectivity index (χ2n) is 7.93. The Kier molecular flexibility index (Phi) is 6.58. The summed E-state index contributed by atoms with van der Waals surface area (Å²) in [5, 5.41) is 3.61. The van der Waals surface area contributed by atoms with Crippen molar-refractivity contribution < 1.29 is 8.42 Å². The van der Waals surface area contributed by atoms with E-state index < -0.39 is 10.0 Å². The lowest BCUT2D eigenvalue weighted by molar-refractivity contribution is 0.502. The second kappa shape index (κ2) is 9.06. The molecule has 2 N–H and O–H groups in total. The van der Waals surface area contributed by atoms with Crippen LogP contribution in [0.15, 0.2) is 68.4 Å². The van der Waals surface area contributed by atoms with Gasteiger partial charge in [-0.1, -0.05) is 56.1 Å². The smallest absolute Gasteiger partial charge is 0.261 e. The van der Waals surface area contributed by atoms with Crippen LogP contribution in [0.1, 0.15) is 33.9 Å². The Morgan fingerprint density at radius 3 is 2.39 bits per heavy atom. The monoisotopic (exact) mass is 562 g/mol.